The summed E-state index contributed by atoms with van der Waals surface area (Å²) >= 11 is 0. The van der Waals surface area contributed by atoms with Gasteiger partial charge in [-0.1, -0.05) is 0 Å². The molecule has 30 heavy (non-hydrogen) atoms. The van der Waals surface area contributed by atoms with Crippen LogP contribution in [0.4, 0.5) is 15.8 Å². The van der Waals surface area contributed by atoms with Gasteiger partial charge < -0.3 is 24.4 Å². The summed E-state index contributed by atoms with van der Waals surface area (Å²) in [6, 6.07) is 10.3. The highest BCUT2D eigenvalue weighted by molar-refractivity contribution is 6.00. The molecule has 1 N–H and O–H groups in total. The fourth-order valence-corrected chi connectivity index (χ4v) is 3.08. The molecule has 3 rings (SSSR count). The van der Waals surface area contributed by atoms with Crippen molar-refractivity contribution in [2.45, 2.75) is 6.42 Å². The summed E-state index contributed by atoms with van der Waals surface area (Å²) in [7, 11) is 2.96. The van der Waals surface area contributed by atoms with E-state index in [4.69, 9.17) is 14.2 Å². The second-order valence-corrected chi connectivity index (χ2v) is 6.60. The highest BCUT2D eigenvalue weighted by Crippen LogP contribution is 2.29. The first-order valence-electron chi connectivity index (χ1n) is 9.15. The van der Waals surface area contributed by atoms with E-state index in [2.05, 4.69) is 5.32 Å². The van der Waals surface area contributed by atoms with Gasteiger partial charge >= 0.3 is 5.97 Å². The van der Waals surface area contributed by atoms with E-state index in [1.54, 1.807) is 18.2 Å². The van der Waals surface area contributed by atoms with Gasteiger partial charge in [0.1, 0.15) is 17.3 Å². The third-order valence-electron chi connectivity index (χ3n) is 4.62. The van der Waals surface area contributed by atoms with E-state index in [0.717, 1.165) is 0 Å². The molecule has 0 spiro atoms. The van der Waals surface area contributed by atoms with Crippen LogP contribution in [0.3, 0.4) is 0 Å². The summed E-state index contributed by atoms with van der Waals surface area (Å²) in [5.74, 6) is -1.63. The van der Waals surface area contributed by atoms with Gasteiger partial charge in [0.2, 0.25) is 5.91 Å². The molecule has 9 heteroatoms. The summed E-state index contributed by atoms with van der Waals surface area (Å²) < 4.78 is 28.4. The van der Waals surface area contributed by atoms with Gasteiger partial charge in [0, 0.05) is 24.7 Å². The molecule has 1 aliphatic rings. The standard InChI is InChI=1S/C21H21FN2O6/c1-28-16-7-8-17(18(10-16)29-2)23-19(25)12-30-21(27)13-9-20(26)24(11-13)15-5-3-14(22)4-6-15/h3-8,10,13H,9,11-12H2,1-2H3,(H,23,25)/t13-/m0/s1. The Morgan fingerprint density at radius 2 is 1.87 bits per heavy atom. The third-order valence-corrected chi connectivity index (χ3v) is 4.62. The minimum Gasteiger partial charge on any atom is -0.497 e. The number of carbonyl (C=O) groups excluding carboxylic acids is 3. The second kappa shape index (κ2) is 9.25. The number of ether oxygens (including phenoxy) is 3. The van der Waals surface area contributed by atoms with E-state index < -0.39 is 30.2 Å². The van der Waals surface area contributed by atoms with Crippen molar-refractivity contribution in [3.05, 3.63) is 48.3 Å². The number of hydrogen-bond acceptors (Lipinski definition) is 6. The van der Waals surface area contributed by atoms with E-state index >= 15 is 0 Å². The van der Waals surface area contributed by atoms with Crippen LogP contribution in [0.25, 0.3) is 0 Å². The molecule has 0 bridgehead atoms. The van der Waals surface area contributed by atoms with E-state index in [0.29, 0.717) is 22.9 Å². The summed E-state index contributed by atoms with van der Waals surface area (Å²) in [6.07, 6.45) is -0.0376. The molecule has 1 heterocycles. The van der Waals surface area contributed by atoms with Gasteiger partial charge in [-0.25, -0.2) is 4.39 Å². The molecular weight excluding hydrogens is 395 g/mol. The first-order chi connectivity index (χ1) is 14.4. The number of nitrogens with zero attached hydrogens (tertiary/aromatic N) is 1. The van der Waals surface area contributed by atoms with Gasteiger partial charge in [-0.2, -0.15) is 0 Å². The SMILES string of the molecule is COc1ccc(NC(=O)COC(=O)[C@H]2CC(=O)N(c3ccc(F)cc3)C2)c(OC)c1. The average molecular weight is 416 g/mol. The van der Waals surface area contributed by atoms with E-state index in [9.17, 15) is 18.8 Å². The molecule has 0 aliphatic carbocycles. The van der Waals surface area contributed by atoms with E-state index in [-0.39, 0.29) is 18.9 Å². The largest absolute Gasteiger partial charge is 0.497 e. The number of hydrogen-bond donors (Lipinski definition) is 1. The summed E-state index contributed by atoms with van der Waals surface area (Å²) in [6.45, 7) is -0.396. The molecule has 0 saturated carbocycles. The minimum atomic E-state index is -0.703. The maximum absolute atomic E-state index is 13.1. The molecule has 2 amide bonds. The van der Waals surface area contributed by atoms with Gasteiger partial charge in [0.05, 0.1) is 25.8 Å². The zero-order valence-corrected chi connectivity index (χ0v) is 16.5. The molecule has 158 valence electrons. The first kappa shape index (κ1) is 21.1. The van der Waals surface area contributed by atoms with Crippen LogP contribution >= 0.6 is 0 Å². The number of anilines is 2. The van der Waals surface area contributed by atoms with Gasteiger partial charge in [0.15, 0.2) is 6.61 Å². The Balaban J connectivity index is 1.54. The number of esters is 1. The summed E-state index contributed by atoms with van der Waals surface area (Å²) in [5, 5.41) is 2.60. The lowest BCUT2D eigenvalue weighted by molar-refractivity contribution is -0.151. The predicted octanol–water partition coefficient (Wildman–Crippen LogP) is 2.38. The average Bonchev–Trinajstić information content (AvgIpc) is 3.14. The Labute approximate surface area is 172 Å². The van der Waals surface area contributed by atoms with Crippen molar-refractivity contribution in [2.75, 3.05) is 37.6 Å². The number of halogens is 1. The van der Waals surface area contributed by atoms with E-state index in [1.807, 2.05) is 0 Å². The van der Waals surface area contributed by atoms with Crippen molar-refractivity contribution in [1.29, 1.82) is 0 Å². The molecule has 1 fully saturated rings. The van der Waals surface area contributed by atoms with Gasteiger partial charge in [-0.3, -0.25) is 14.4 Å². The zero-order chi connectivity index (χ0) is 21.7. The Kier molecular flexibility index (Phi) is 6.51. The molecule has 2 aromatic rings. The van der Waals surface area contributed by atoms with E-state index in [1.165, 1.54) is 43.4 Å². The number of amides is 2. The molecule has 8 nitrogen and oxygen atoms in total. The quantitative estimate of drug-likeness (QED) is 0.697. The van der Waals surface area contributed by atoms with Crippen LogP contribution in [0.5, 0.6) is 11.5 Å². The topological polar surface area (TPSA) is 94.2 Å². The Morgan fingerprint density at radius 3 is 2.53 bits per heavy atom. The Bertz CT molecular complexity index is 947. The smallest absolute Gasteiger partial charge is 0.311 e. The van der Waals surface area contributed by atoms with Crippen LogP contribution in [-0.4, -0.2) is 45.2 Å². The molecule has 1 saturated heterocycles. The van der Waals surface area contributed by atoms with Crippen molar-refractivity contribution in [3.8, 4) is 11.5 Å². The normalized spacial score (nSPS) is 15.6. The lowest BCUT2D eigenvalue weighted by Crippen LogP contribution is -2.28. The van der Waals surface area contributed by atoms with Gasteiger partial charge in [-0.15, -0.1) is 0 Å². The Morgan fingerprint density at radius 1 is 1.13 bits per heavy atom. The van der Waals surface area contributed by atoms with Crippen LogP contribution in [0.1, 0.15) is 6.42 Å². The van der Waals surface area contributed by atoms with Gasteiger partial charge in [-0.05, 0) is 36.4 Å². The summed E-state index contributed by atoms with van der Waals surface area (Å²) in [5.41, 5.74) is 0.902. The highest BCUT2D eigenvalue weighted by atomic mass is 19.1. The number of methoxy groups -OCH3 is 2. The van der Waals surface area contributed by atoms with Gasteiger partial charge in [0.25, 0.3) is 5.91 Å². The predicted molar refractivity (Wildman–Crippen MR) is 106 cm³/mol. The van der Waals surface area contributed by atoms with Crippen molar-refractivity contribution >= 4 is 29.2 Å². The third kappa shape index (κ3) is 4.86. The van der Waals surface area contributed by atoms with Crippen LogP contribution in [0.2, 0.25) is 0 Å². The number of benzene rings is 2. The van der Waals surface area contributed by atoms with Crippen molar-refractivity contribution in [3.63, 3.8) is 0 Å². The van der Waals surface area contributed by atoms with Crippen LogP contribution in [0.15, 0.2) is 42.5 Å². The fraction of sp³-hybridized carbons (Fsp3) is 0.286. The number of carbonyl (C=O) groups is 3. The molecule has 1 atom stereocenters. The van der Waals surface area contributed by atoms with Crippen molar-refractivity contribution < 1.29 is 33.0 Å². The minimum absolute atomic E-state index is 0.0376. The molecule has 0 aromatic heterocycles. The fourth-order valence-electron chi connectivity index (χ4n) is 3.08. The van der Waals surface area contributed by atoms with Crippen molar-refractivity contribution in [2.24, 2.45) is 5.92 Å². The Hall–Kier alpha value is -3.62. The van der Waals surface area contributed by atoms with Crippen molar-refractivity contribution in [1.82, 2.24) is 0 Å². The number of nitrogens with one attached hydrogen (secondary N) is 1. The highest BCUT2D eigenvalue weighted by Gasteiger charge is 2.36. The summed E-state index contributed by atoms with van der Waals surface area (Å²) in [4.78, 5) is 38.0. The molecule has 0 radical (unpaired) electrons. The van der Waals surface area contributed by atoms with Crippen LogP contribution < -0.4 is 19.7 Å². The van der Waals surface area contributed by atoms with Crippen LogP contribution in [0, 0.1) is 11.7 Å². The zero-order valence-electron chi connectivity index (χ0n) is 16.5. The molecule has 1 aliphatic heterocycles. The maximum atomic E-state index is 13.1. The number of rotatable bonds is 7. The monoisotopic (exact) mass is 416 g/mol. The second-order valence-electron chi connectivity index (χ2n) is 6.60. The molecular formula is C21H21FN2O6. The lowest BCUT2D eigenvalue weighted by atomic mass is 10.1. The maximum Gasteiger partial charge on any atom is 0.311 e. The molecule has 0 unspecified atom stereocenters. The van der Waals surface area contributed by atoms with Crippen LogP contribution in [-0.2, 0) is 19.1 Å². The molecule has 2 aromatic carbocycles. The first-order valence-corrected chi connectivity index (χ1v) is 9.15. The lowest BCUT2D eigenvalue weighted by Gasteiger charge is -2.16.